The van der Waals surface area contributed by atoms with E-state index in [0.29, 0.717) is 17.2 Å². The lowest BCUT2D eigenvalue weighted by molar-refractivity contribution is 0.613. The van der Waals surface area contributed by atoms with Gasteiger partial charge in [-0.1, -0.05) is 23.7 Å². The van der Waals surface area contributed by atoms with Gasteiger partial charge in [0.1, 0.15) is 24.1 Å². The molecule has 3 aromatic heterocycles. The minimum atomic E-state index is -0.322. The molecule has 114 valence electrons. The Balaban J connectivity index is 1.93. The first-order chi connectivity index (χ1) is 11.2. The molecule has 0 aliphatic heterocycles. The van der Waals surface area contributed by atoms with Crippen LogP contribution in [0.5, 0.6) is 0 Å². The van der Waals surface area contributed by atoms with Gasteiger partial charge in [0.2, 0.25) is 0 Å². The molecule has 4 rings (SSSR count). The van der Waals surface area contributed by atoms with Crippen molar-refractivity contribution in [2.75, 3.05) is 0 Å². The second kappa shape index (κ2) is 5.48. The van der Waals surface area contributed by atoms with Crippen LogP contribution in [0.15, 0.2) is 55.2 Å². The van der Waals surface area contributed by atoms with E-state index in [0.717, 1.165) is 17.0 Å². The Labute approximate surface area is 136 Å². The molecule has 0 saturated carbocycles. The maximum Gasteiger partial charge on any atom is 0.139 e. The number of rotatable bonds is 3. The third kappa shape index (κ3) is 2.57. The van der Waals surface area contributed by atoms with E-state index in [1.165, 1.54) is 18.6 Å². The fourth-order valence-corrected chi connectivity index (χ4v) is 2.65. The first-order valence-electron chi connectivity index (χ1n) is 6.95. The summed E-state index contributed by atoms with van der Waals surface area (Å²) in [6, 6.07) is 10.4. The number of aromatic nitrogens is 5. The molecule has 0 bridgehead atoms. The predicted octanol–water partition coefficient (Wildman–Crippen LogP) is 3.43. The first kappa shape index (κ1) is 13.9. The van der Waals surface area contributed by atoms with Crippen molar-refractivity contribution in [3.8, 4) is 11.3 Å². The first-order valence-corrected chi connectivity index (χ1v) is 7.33. The molecule has 0 radical (unpaired) electrons. The minimum Gasteiger partial charge on any atom is -0.299 e. The molecule has 0 aliphatic rings. The molecule has 0 amide bonds. The Bertz CT molecular complexity index is 960. The molecule has 0 N–H and O–H groups in total. The zero-order chi connectivity index (χ0) is 15.8. The number of nitrogens with zero attached hydrogens (tertiary/aromatic N) is 5. The summed E-state index contributed by atoms with van der Waals surface area (Å²) in [5.41, 5.74) is 3.18. The monoisotopic (exact) mass is 327 g/mol. The summed E-state index contributed by atoms with van der Waals surface area (Å²) in [6.45, 7) is 0.433. The lowest BCUT2D eigenvalue weighted by atomic mass is 10.1. The molecular formula is C16H11ClFN5. The summed E-state index contributed by atoms with van der Waals surface area (Å²) in [5.74, 6) is -0.322. The number of hydrogen-bond acceptors (Lipinski definition) is 3. The number of fused-ring (bicyclic) bond motifs is 1. The summed E-state index contributed by atoms with van der Waals surface area (Å²) in [5, 5.41) is 4.77. The highest BCUT2D eigenvalue weighted by atomic mass is 35.5. The van der Waals surface area contributed by atoms with Crippen LogP contribution in [0.4, 0.5) is 4.39 Å². The number of imidazole rings is 1. The quantitative estimate of drug-likeness (QED) is 0.579. The normalized spacial score (nSPS) is 11.2. The predicted molar refractivity (Wildman–Crippen MR) is 84.7 cm³/mol. The zero-order valence-electron chi connectivity index (χ0n) is 11.9. The van der Waals surface area contributed by atoms with Crippen molar-refractivity contribution in [1.82, 2.24) is 24.1 Å². The Morgan fingerprint density at radius 1 is 1.09 bits per heavy atom. The highest BCUT2D eigenvalue weighted by molar-refractivity contribution is 6.30. The SMILES string of the molecule is Fc1ccc2nc(-c3ccc(Cl)cc3)c(Cn3cncn3)n2c1. The number of halogens is 2. The molecule has 0 atom stereocenters. The lowest BCUT2D eigenvalue weighted by Crippen LogP contribution is -2.05. The van der Waals surface area contributed by atoms with E-state index < -0.39 is 0 Å². The Hall–Kier alpha value is -2.73. The fourth-order valence-electron chi connectivity index (χ4n) is 2.53. The van der Waals surface area contributed by atoms with Gasteiger partial charge in [-0.2, -0.15) is 5.10 Å². The van der Waals surface area contributed by atoms with Gasteiger partial charge in [-0.25, -0.2) is 19.0 Å². The van der Waals surface area contributed by atoms with Crippen LogP contribution in [-0.4, -0.2) is 24.1 Å². The van der Waals surface area contributed by atoms with E-state index in [2.05, 4.69) is 15.1 Å². The van der Waals surface area contributed by atoms with E-state index in [1.807, 2.05) is 12.1 Å². The van der Waals surface area contributed by atoms with Crippen molar-refractivity contribution < 1.29 is 4.39 Å². The summed E-state index contributed by atoms with van der Waals surface area (Å²) in [6.07, 6.45) is 4.50. The van der Waals surface area contributed by atoms with Gasteiger partial charge in [0.25, 0.3) is 0 Å². The van der Waals surface area contributed by atoms with Crippen molar-refractivity contribution >= 4 is 17.2 Å². The Kier molecular flexibility index (Phi) is 3.31. The second-order valence-electron chi connectivity index (χ2n) is 5.08. The second-order valence-corrected chi connectivity index (χ2v) is 5.52. The summed E-state index contributed by atoms with van der Waals surface area (Å²) < 4.78 is 17.1. The molecule has 5 nitrogen and oxygen atoms in total. The largest absolute Gasteiger partial charge is 0.299 e. The van der Waals surface area contributed by atoms with Gasteiger partial charge < -0.3 is 0 Å². The molecular weight excluding hydrogens is 317 g/mol. The molecule has 0 aliphatic carbocycles. The standard InChI is InChI=1S/C16H11ClFN5/c17-12-3-1-11(2-4-12)16-14(8-22-10-19-9-20-22)23-7-13(18)5-6-15(23)21-16/h1-7,9-10H,8H2. The van der Waals surface area contributed by atoms with Crippen LogP contribution in [-0.2, 0) is 6.54 Å². The molecule has 0 saturated heterocycles. The summed E-state index contributed by atoms with van der Waals surface area (Å²) in [4.78, 5) is 8.57. The maximum atomic E-state index is 13.7. The van der Waals surface area contributed by atoms with Crippen LogP contribution < -0.4 is 0 Å². The number of hydrogen-bond donors (Lipinski definition) is 0. The topological polar surface area (TPSA) is 48.0 Å². The van der Waals surface area contributed by atoms with Crippen LogP contribution in [0.25, 0.3) is 16.9 Å². The lowest BCUT2D eigenvalue weighted by Gasteiger charge is -2.05. The number of benzene rings is 1. The highest BCUT2D eigenvalue weighted by Crippen LogP contribution is 2.26. The van der Waals surface area contributed by atoms with E-state index in [9.17, 15) is 4.39 Å². The van der Waals surface area contributed by atoms with Crippen molar-refractivity contribution in [2.24, 2.45) is 0 Å². The van der Waals surface area contributed by atoms with Crippen LogP contribution in [0.2, 0.25) is 5.02 Å². The van der Waals surface area contributed by atoms with Crippen LogP contribution >= 0.6 is 11.6 Å². The van der Waals surface area contributed by atoms with Gasteiger partial charge >= 0.3 is 0 Å². The van der Waals surface area contributed by atoms with Gasteiger partial charge in [-0.15, -0.1) is 0 Å². The average Bonchev–Trinajstić information content (AvgIpc) is 3.17. The molecule has 3 heterocycles. The summed E-state index contributed by atoms with van der Waals surface area (Å²) >= 11 is 5.96. The highest BCUT2D eigenvalue weighted by Gasteiger charge is 2.15. The van der Waals surface area contributed by atoms with Crippen molar-refractivity contribution in [1.29, 1.82) is 0 Å². The molecule has 7 heteroatoms. The average molecular weight is 328 g/mol. The van der Waals surface area contributed by atoms with E-state index in [1.54, 1.807) is 33.6 Å². The van der Waals surface area contributed by atoms with Crippen molar-refractivity contribution in [2.45, 2.75) is 6.54 Å². The van der Waals surface area contributed by atoms with Crippen LogP contribution in [0.3, 0.4) is 0 Å². The molecule has 1 aromatic carbocycles. The maximum absolute atomic E-state index is 13.7. The van der Waals surface area contributed by atoms with Crippen molar-refractivity contribution in [3.05, 3.63) is 71.8 Å². The third-order valence-corrected chi connectivity index (χ3v) is 3.83. The van der Waals surface area contributed by atoms with E-state index >= 15 is 0 Å². The van der Waals surface area contributed by atoms with Gasteiger partial charge in [-0.05, 0) is 24.3 Å². The van der Waals surface area contributed by atoms with Gasteiger partial charge in [0.05, 0.1) is 17.9 Å². The molecule has 0 fully saturated rings. The van der Waals surface area contributed by atoms with Gasteiger partial charge in [0.15, 0.2) is 0 Å². The third-order valence-electron chi connectivity index (χ3n) is 3.58. The Morgan fingerprint density at radius 3 is 2.65 bits per heavy atom. The fraction of sp³-hybridized carbons (Fsp3) is 0.0625. The molecule has 0 unspecified atom stereocenters. The van der Waals surface area contributed by atoms with E-state index in [-0.39, 0.29) is 5.82 Å². The Morgan fingerprint density at radius 2 is 1.91 bits per heavy atom. The van der Waals surface area contributed by atoms with Gasteiger partial charge in [0, 0.05) is 16.8 Å². The van der Waals surface area contributed by atoms with E-state index in [4.69, 9.17) is 11.6 Å². The molecule has 4 aromatic rings. The zero-order valence-corrected chi connectivity index (χ0v) is 12.7. The molecule has 23 heavy (non-hydrogen) atoms. The summed E-state index contributed by atoms with van der Waals surface area (Å²) in [7, 11) is 0. The van der Waals surface area contributed by atoms with Crippen LogP contribution in [0.1, 0.15) is 5.69 Å². The van der Waals surface area contributed by atoms with Crippen molar-refractivity contribution in [3.63, 3.8) is 0 Å². The smallest absolute Gasteiger partial charge is 0.139 e. The van der Waals surface area contributed by atoms with Gasteiger partial charge in [-0.3, -0.25) is 4.40 Å². The molecule has 0 spiro atoms. The number of pyridine rings is 1. The minimum absolute atomic E-state index is 0.322. The van der Waals surface area contributed by atoms with Crippen LogP contribution in [0, 0.1) is 5.82 Å².